The van der Waals surface area contributed by atoms with E-state index in [-0.39, 0.29) is 21.8 Å². The van der Waals surface area contributed by atoms with Crippen molar-refractivity contribution < 1.29 is 19.2 Å². The van der Waals surface area contributed by atoms with Gasteiger partial charge in [-0.1, -0.05) is 23.7 Å². The SMILES string of the molecule is C[C@@H](OC(=O)c1cc(Cl)ccc1[N+](=O)[O-])C(=O)Nc1ccccc1C#N. The fourth-order valence-corrected chi connectivity index (χ4v) is 2.20. The van der Waals surface area contributed by atoms with E-state index in [0.717, 1.165) is 12.1 Å². The van der Waals surface area contributed by atoms with Gasteiger partial charge in [-0.25, -0.2) is 4.79 Å². The normalized spacial score (nSPS) is 11.1. The topological polar surface area (TPSA) is 122 Å². The number of halogens is 1. The molecule has 0 aliphatic carbocycles. The van der Waals surface area contributed by atoms with Crippen LogP contribution in [0.3, 0.4) is 0 Å². The highest BCUT2D eigenvalue weighted by Crippen LogP contribution is 2.24. The van der Waals surface area contributed by atoms with Crippen molar-refractivity contribution in [3.8, 4) is 6.07 Å². The van der Waals surface area contributed by atoms with Crippen LogP contribution in [0.2, 0.25) is 5.02 Å². The summed E-state index contributed by atoms with van der Waals surface area (Å²) in [5.74, 6) is -1.75. The van der Waals surface area contributed by atoms with E-state index >= 15 is 0 Å². The molecule has 0 fully saturated rings. The van der Waals surface area contributed by atoms with Crippen molar-refractivity contribution in [3.05, 3.63) is 68.7 Å². The van der Waals surface area contributed by atoms with E-state index in [2.05, 4.69) is 5.32 Å². The molecule has 26 heavy (non-hydrogen) atoms. The predicted octanol–water partition coefficient (Wildman–Crippen LogP) is 3.30. The number of benzene rings is 2. The molecule has 2 aromatic carbocycles. The molecule has 0 bridgehead atoms. The van der Waals surface area contributed by atoms with Crippen LogP contribution in [-0.2, 0) is 9.53 Å². The van der Waals surface area contributed by atoms with Gasteiger partial charge in [0.2, 0.25) is 0 Å². The van der Waals surface area contributed by atoms with Crippen LogP contribution in [0.4, 0.5) is 11.4 Å². The van der Waals surface area contributed by atoms with Crippen LogP contribution in [-0.4, -0.2) is 22.9 Å². The molecule has 1 atom stereocenters. The van der Waals surface area contributed by atoms with Crippen molar-refractivity contribution in [2.24, 2.45) is 0 Å². The summed E-state index contributed by atoms with van der Waals surface area (Å²) in [6.45, 7) is 1.30. The minimum absolute atomic E-state index is 0.114. The molecule has 9 heteroatoms. The summed E-state index contributed by atoms with van der Waals surface area (Å²) in [6, 6.07) is 11.7. The number of rotatable bonds is 5. The van der Waals surface area contributed by atoms with Crippen molar-refractivity contribution in [1.82, 2.24) is 0 Å². The van der Waals surface area contributed by atoms with Crippen LogP contribution >= 0.6 is 11.6 Å². The van der Waals surface area contributed by atoms with Gasteiger partial charge in [-0.15, -0.1) is 0 Å². The van der Waals surface area contributed by atoms with E-state index in [0.29, 0.717) is 0 Å². The molecule has 0 heterocycles. The second kappa shape index (κ2) is 8.09. The highest BCUT2D eigenvalue weighted by molar-refractivity contribution is 6.31. The smallest absolute Gasteiger partial charge is 0.345 e. The molecular weight excluding hydrogens is 362 g/mol. The Hall–Kier alpha value is -3.44. The maximum absolute atomic E-state index is 12.2. The van der Waals surface area contributed by atoms with Crippen LogP contribution in [0.25, 0.3) is 0 Å². The summed E-state index contributed by atoms with van der Waals surface area (Å²) in [4.78, 5) is 34.6. The first-order valence-electron chi connectivity index (χ1n) is 7.28. The molecule has 132 valence electrons. The van der Waals surface area contributed by atoms with Gasteiger partial charge >= 0.3 is 5.97 Å². The zero-order chi connectivity index (χ0) is 19.3. The number of nitro benzene ring substituents is 1. The second-order valence-electron chi connectivity index (χ2n) is 5.11. The molecule has 0 saturated heterocycles. The lowest BCUT2D eigenvalue weighted by Crippen LogP contribution is -2.30. The molecule has 0 unspecified atom stereocenters. The lowest BCUT2D eigenvalue weighted by atomic mass is 10.2. The Balaban J connectivity index is 2.14. The summed E-state index contributed by atoms with van der Waals surface area (Å²) >= 11 is 5.77. The van der Waals surface area contributed by atoms with Gasteiger partial charge in [0.05, 0.1) is 16.2 Å². The maximum atomic E-state index is 12.2. The Morgan fingerprint density at radius 1 is 1.31 bits per heavy atom. The molecule has 0 aliphatic heterocycles. The summed E-state index contributed by atoms with van der Waals surface area (Å²) in [7, 11) is 0. The zero-order valence-corrected chi connectivity index (χ0v) is 14.2. The molecule has 1 amide bonds. The summed E-state index contributed by atoms with van der Waals surface area (Å²) in [6.07, 6.45) is -1.26. The fraction of sp³-hybridized carbons (Fsp3) is 0.118. The number of anilines is 1. The second-order valence-corrected chi connectivity index (χ2v) is 5.55. The Morgan fingerprint density at radius 3 is 2.65 bits per heavy atom. The van der Waals surface area contributed by atoms with Gasteiger partial charge in [0.1, 0.15) is 11.6 Å². The summed E-state index contributed by atoms with van der Waals surface area (Å²) in [5, 5.41) is 22.6. The zero-order valence-electron chi connectivity index (χ0n) is 13.4. The maximum Gasteiger partial charge on any atom is 0.345 e. The van der Waals surface area contributed by atoms with Gasteiger partial charge in [-0.05, 0) is 31.2 Å². The monoisotopic (exact) mass is 373 g/mol. The Labute approximate surface area is 153 Å². The number of nitrogens with one attached hydrogen (secondary N) is 1. The first-order chi connectivity index (χ1) is 12.3. The Bertz CT molecular complexity index is 923. The Morgan fingerprint density at radius 2 is 2.00 bits per heavy atom. The van der Waals surface area contributed by atoms with Gasteiger partial charge in [0.15, 0.2) is 6.10 Å². The van der Waals surface area contributed by atoms with Gasteiger partial charge in [-0.2, -0.15) is 5.26 Å². The van der Waals surface area contributed by atoms with Gasteiger partial charge in [0, 0.05) is 11.1 Å². The lowest BCUT2D eigenvalue weighted by Gasteiger charge is -2.14. The third kappa shape index (κ3) is 4.34. The average Bonchev–Trinajstić information content (AvgIpc) is 2.61. The minimum Gasteiger partial charge on any atom is -0.449 e. The molecule has 0 aromatic heterocycles. The van der Waals surface area contributed by atoms with Crippen molar-refractivity contribution in [2.45, 2.75) is 13.0 Å². The molecule has 2 aromatic rings. The fourth-order valence-electron chi connectivity index (χ4n) is 2.03. The van der Waals surface area contributed by atoms with Crippen molar-refractivity contribution in [3.63, 3.8) is 0 Å². The Kier molecular flexibility index (Phi) is 5.88. The number of esters is 1. The highest BCUT2D eigenvalue weighted by atomic mass is 35.5. The summed E-state index contributed by atoms with van der Waals surface area (Å²) < 4.78 is 4.99. The quantitative estimate of drug-likeness (QED) is 0.487. The lowest BCUT2D eigenvalue weighted by molar-refractivity contribution is -0.385. The van der Waals surface area contributed by atoms with Gasteiger partial charge < -0.3 is 10.1 Å². The largest absolute Gasteiger partial charge is 0.449 e. The third-order valence-corrected chi connectivity index (χ3v) is 3.57. The van der Waals surface area contributed by atoms with Crippen LogP contribution in [0, 0.1) is 21.4 Å². The molecule has 8 nitrogen and oxygen atoms in total. The van der Waals surface area contributed by atoms with Crippen molar-refractivity contribution >= 4 is 34.9 Å². The van der Waals surface area contributed by atoms with E-state index in [4.69, 9.17) is 21.6 Å². The number of carbonyl (C=O) groups excluding carboxylic acids is 2. The van der Waals surface area contributed by atoms with Crippen LogP contribution in [0.5, 0.6) is 0 Å². The number of nitriles is 1. The van der Waals surface area contributed by atoms with Gasteiger partial charge in [0.25, 0.3) is 11.6 Å². The molecule has 0 spiro atoms. The first-order valence-corrected chi connectivity index (χ1v) is 7.66. The van der Waals surface area contributed by atoms with Crippen LogP contribution in [0.15, 0.2) is 42.5 Å². The standard InChI is InChI=1S/C17H12ClN3O5/c1-10(16(22)20-14-5-3-2-4-11(14)9-19)26-17(23)13-8-12(18)6-7-15(13)21(24)25/h2-8,10H,1H3,(H,20,22)/t10-/m1/s1. The van der Waals surface area contributed by atoms with E-state index in [1.807, 2.05) is 6.07 Å². The van der Waals surface area contributed by atoms with Crippen LogP contribution in [0.1, 0.15) is 22.8 Å². The molecule has 0 saturated carbocycles. The predicted molar refractivity (Wildman–Crippen MR) is 92.8 cm³/mol. The number of carbonyl (C=O) groups is 2. The van der Waals surface area contributed by atoms with E-state index in [1.165, 1.54) is 25.1 Å². The minimum atomic E-state index is -1.26. The number of hydrogen-bond acceptors (Lipinski definition) is 6. The number of amides is 1. The number of nitrogens with zero attached hydrogens (tertiary/aromatic N) is 2. The molecule has 1 N–H and O–H groups in total. The third-order valence-electron chi connectivity index (χ3n) is 3.33. The highest BCUT2D eigenvalue weighted by Gasteiger charge is 2.26. The number of nitro groups is 1. The first kappa shape index (κ1) is 18.9. The van der Waals surface area contributed by atoms with E-state index in [9.17, 15) is 19.7 Å². The molecular formula is C17H12ClN3O5. The van der Waals surface area contributed by atoms with E-state index < -0.39 is 28.6 Å². The van der Waals surface area contributed by atoms with Crippen molar-refractivity contribution in [1.29, 1.82) is 5.26 Å². The number of ether oxygens (including phenoxy) is 1. The number of hydrogen-bond donors (Lipinski definition) is 1. The summed E-state index contributed by atoms with van der Waals surface area (Å²) in [5.41, 5.74) is -0.345. The molecule has 2 rings (SSSR count). The van der Waals surface area contributed by atoms with Gasteiger partial charge in [-0.3, -0.25) is 14.9 Å². The van der Waals surface area contributed by atoms with Crippen molar-refractivity contribution in [2.75, 3.05) is 5.32 Å². The van der Waals surface area contributed by atoms with Crippen LogP contribution < -0.4 is 5.32 Å². The molecule has 0 aliphatic rings. The molecule has 0 radical (unpaired) electrons. The number of para-hydroxylation sites is 1. The van der Waals surface area contributed by atoms with E-state index in [1.54, 1.807) is 12.1 Å². The average molecular weight is 374 g/mol.